The molecule has 3 atom stereocenters. The zero-order valence-corrected chi connectivity index (χ0v) is 15.4. The fourth-order valence-electron chi connectivity index (χ4n) is 3.65. The van der Waals surface area contributed by atoms with Crippen molar-refractivity contribution in [2.24, 2.45) is 0 Å². The Balaban J connectivity index is 1.80. The SMILES string of the molecule is CC1CC(NC2CCCN(C(=O)OC(C)(C)C)CC2)CC(C)O1. The van der Waals surface area contributed by atoms with Crippen LogP contribution in [0.4, 0.5) is 4.79 Å². The summed E-state index contributed by atoms with van der Waals surface area (Å²) < 4.78 is 11.3. The molecule has 2 fully saturated rings. The molecule has 0 spiro atoms. The third-order valence-corrected chi connectivity index (χ3v) is 4.55. The van der Waals surface area contributed by atoms with Crippen molar-refractivity contribution in [3.05, 3.63) is 0 Å². The van der Waals surface area contributed by atoms with Gasteiger partial charge in [0.2, 0.25) is 0 Å². The number of nitrogens with one attached hydrogen (secondary N) is 1. The average molecular weight is 326 g/mol. The van der Waals surface area contributed by atoms with E-state index in [-0.39, 0.29) is 6.09 Å². The van der Waals surface area contributed by atoms with Crippen LogP contribution < -0.4 is 5.32 Å². The van der Waals surface area contributed by atoms with Crippen LogP contribution in [0.2, 0.25) is 0 Å². The number of ether oxygens (including phenoxy) is 2. The second-order valence-corrected chi connectivity index (χ2v) is 8.19. The standard InChI is InChI=1S/C18H34N2O3/c1-13-11-16(12-14(2)22-13)19-15-7-6-9-20(10-8-15)17(21)23-18(3,4)5/h13-16,19H,6-12H2,1-5H3. The second-order valence-electron chi connectivity index (χ2n) is 8.19. The molecule has 0 aromatic heterocycles. The molecular formula is C18H34N2O3. The van der Waals surface area contributed by atoms with Crippen LogP contribution in [0.5, 0.6) is 0 Å². The van der Waals surface area contributed by atoms with Crippen LogP contribution in [-0.4, -0.2) is 54.0 Å². The lowest BCUT2D eigenvalue weighted by Gasteiger charge is -2.35. The van der Waals surface area contributed by atoms with Crippen molar-refractivity contribution in [2.45, 2.75) is 96.6 Å². The van der Waals surface area contributed by atoms with E-state index < -0.39 is 5.60 Å². The normalized spacial score (nSPS) is 33.2. The summed E-state index contributed by atoms with van der Waals surface area (Å²) in [6.07, 6.45) is 5.81. The molecule has 0 aromatic carbocycles. The molecule has 23 heavy (non-hydrogen) atoms. The molecule has 0 aliphatic carbocycles. The van der Waals surface area contributed by atoms with Crippen LogP contribution >= 0.6 is 0 Å². The maximum absolute atomic E-state index is 12.2. The molecule has 0 radical (unpaired) electrons. The Kier molecular flexibility index (Phi) is 6.32. The van der Waals surface area contributed by atoms with Gasteiger partial charge in [0.1, 0.15) is 5.60 Å². The Morgan fingerprint density at radius 1 is 1.09 bits per heavy atom. The predicted octanol–water partition coefficient (Wildman–Crippen LogP) is 3.32. The van der Waals surface area contributed by atoms with Gasteiger partial charge in [-0.3, -0.25) is 0 Å². The predicted molar refractivity (Wildman–Crippen MR) is 91.6 cm³/mol. The maximum Gasteiger partial charge on any atom is 0.410 e. The largest absolute Gasteiger partial charge is 0.444 e. The van der Waals surface area contributed by atoms with Crippen molar-refractivity contribution in [1.29, 1.82) is 0 Å². The van der Waals surface area contributed by atoms with Crippen LogP contribution in [0.15, 0.2) is 0 Å². The first-order valence-corrected chi connectivity index (χ1v) is 9.12. The van der Waals surface area contributed by atoms with Crippen LogP contribution in [-0.2, 0) is 9.47 Å². The van der Waals surface area contributed by atoms with Crippen LogP contribution in [0, 0.1) is 0 Å². The van der Waals surface area contributed by atoms with E-state index >= 15 is 0 Å². The first-order valence-electron chi connectivity index (χ1n) is 9.12. The summed E-state index contributed by atoms with van der Waals surface area (Å²) >= 11 is 0. The van der Waals surface area contributed by atoms with Crippen molar-refractivity contribution in [1.82, 2.24) is 10.2 Å². The zero-order chi connectivity index (χ0) is 17.0. The molecule has 2 saturated heterocycles. The molecule has 0 bridgehead atoms. The zero-order valence-electron chi connectivity index (χ0n) is 15.4. The van der Waals surface area contributed by atoms with Crippen LogP contribution in [0.25, 0.3) is 0 Å². The van der Waals surface area contributed by atoms with Gasteiger partial charge in [0, 0.05) is 25.2 Å². The Hall–Kier alpha value is -0.810. The minimum absolute atomic E-state index is 0.175. The maximum atomic E-state index is 12.2. The summed E-state index contributed by atoms with van der Waals surface area (Å²) in [4.78, 5) is 14.1. The van der Waals surface area contributed by atoms with E-state index in [4.69, 9.17) is 9.47 Å². The van der Waals surface area contributed by atoms with Crippen LogP contribution in [0.1, 0.15) is 66.7 Å². The van der Waals surface area contributed by atoms with E-state index in [0.717, 1.165) is 45.2 Å². The van der Waals surface area contributed by atoms with E-state index in [1.54, 1.807) is 0 Å². The van der Waals surface area contributed by atoms with Gasteiger partial charge < -0.3 is 19.7 Å². The first kappa shape index (κ1) is 18.5. The highest BCUT2D eigenvalue weighted by Gasteiger charge is 2.29. The number of carbonyl (C=O) groups excluding carboxylic acids is 1. The molecule has 1 N–H and O–H groups in total. The Morgan fingerprint density at radius 3 is 2.35 bits per heavy atom. The van der Waals surface area contributed by atoms with Crippen molar-refractivity contribution in [3.8, 4) is 0 Å². The van der Waals surface area contributed by atoms with Crippen LogP contribution in [0.3, 0.4) is 0 Å². The minimum atomic E-state index is -0.421. The quantitative estimate of drug-likeness (QED) is 0.846. The van der Waals surface area contributed by atoms with Gasteiger partial charge >= 0.3 is 6.09 Å². The monoisotopic (exact) mass is 326 g/mol. The summed E-state index contributed by atoms with van der Waals surface area (Å²) in [6.45, 7) is 11.6. The highest BCUT2D eigenvalue weighted by molar-refractivity contribution is 5.68. The summed E-state index contributed by atoms with van der Waals surface area (Å²) in [7, 11) is 0. The molecule has 0 saturated carbocycles. The van der Waals surface area contributed by atoms with E-state index in [1.165, 1.54) is 0 Å². The second kappa shape index (κ2) is 7.84. The van der Waals surface area contributed by atoms with E-state index in [0.29, 0.717) is 24.3 Å². The molecule has 134 valence electrons. The van der Waals surface area contributed by atoms with Gasteiger partial charge in [-0.05, 0) is 66.7 Å². The molecular weight excluding hydrogens is 292 g/mol. The highest BCUT2D eigenvalue weighted by atomic mass is 16.6. The van der Waals surface area contributed by atoms with E-state index in [2.05, 4.69) is 19.2 Å². The summed E-state index contributed by atoms with van der Waals surface area (Å²) in [5, 5.41) is 3.81. The molecule has 1 amide bonds. The van der Waals surface area contributed by atoms with Crippen molar-refractivity contribution in [3.63, 3.8) is 0 Å². The molecule has 2 heterocycles. The average Bonchev–Trinajstić information content (AvgIpc) is 2.61. The molecule has 0 aromatic rings. The number of nitrogens with zero attached hydrogens (tertiary/aromatic N) is 1. The molecule has 5 nitrogen and oxygen atoms in total. The van der Waals surface area contributed by atoms with Gasteiger partial charge in [0.05, 0.1) is 12.2 Å². The first-order chi connectivity index (χ1) is 10.7. The fourth-order valence-corrected chi connectivity index (χ4v) is 3.65. The molecule has 5 heteroatoms. The molecule has 2 rings (SSSR count). The van der Waals surface area contributed by atoms with Crippen molar-refractivity contribution >= 4 is 6.09 Å². The molecule has 2 aliphatic rings. The van der Waals surface area contributed by atoms with Crippen molar-refractivity contribution in [2.75, 3.05) is 13.1 Å². The van der Waals surface area contributed by atoms with Gasteiger partial charge in [0.15, 0.2) is 0 Å². The Bertz CT molecular complexity index is 384. The smallest absolute Gasteiger partial charge is 0.410 e. The van der Waals surface area contributed by atoms with Crippen molar-refractivity contribution < 1.29 is 14.3 Å². The summed E-state index contributed by atoms with van der Waals surface area (Å²) in [5.41, 5.74) is -0.421. The van der Waals surface area contributed by atoms with Gasteiger partial charge in [0.25, 0.3) is 0 Å². The van der Waals surface area contributed by atoms with Gasteiger partial charge in [-0.2, -0.15) is 0 Å². The number of hydrogen-bond acceptors (Lipinski definition) is 4. The van der Waals surface area contributed by atoms with Gasteiger partial charge in [-0.25, -0.2) is 4.79 Å². The topological polar surface area (TPSA) is 50.8 Å². The van der Waals surface area contributed by atoms with E-state index in [9.17, 15) is 4.79 Å². The fraction of sp³-hybridized carbons (Fsp3) is 0.944. The minimum Gasteiger partial charge on any atom is -0.444 e. The number of carbonyl (C=O) groups is 1. The van der Waals surface area contributed by atoms with Gasteiger partial charge in [-0.15, -0.1) is 0 Å². The number of hydrogen-bond donors (Lipinski definition) is 1. The third-order valence-electron chi connectivity index (χ3n) is 4.55. The molecule has 3 unspecified atom stereocenters. The summed E-state index contributed by atoms with van der Waals surface area (Å²) in [5.74, 6) is 0. The number of rotatable bonds is 2. The summed E-state index contributed by atoms with van der Waals surface area (Å²) in [6, 6.07) is 1.02. The Morgan fingerprint density at radius 2 is 1.74 bits per heavy atom. The molecule has 2 aliphatic heterocycles. The lowest BCUT2D eigenvalue weighted by Crippen LogP contribution is -2.46. The Labute approximate surface area is 141 Å². The lowest BCUT2D eigenvalue weighted by atomic mass is 9.97. The lowest BCUT2D eigenvalue weighted by molar-refractivity contribution is -0.0437. The highest BCUT2D eigenvalue weighted by Crippen LogP contribution is 2.22. The number of amides is 1. The van der Waals surface area contributed by atoms with E-state index in [1.807, 2.05) is 25.7 Å². The number of likely N-dealkylation sites (tertiary alicyclic amines) is 1. The third kappa shape index (κ3) is 6.30. The van der Waals surface area contributed by atoms with Gasteiger partial charge in [-0.1, -0.05) is 0 Å².